The van der Waals surface area contributed by atoms with Gasteiger partial charge in [0, 0.05) is 17.4 Å². The molecule has 0 amide bonds. The summed E-state index contributed by atoms with van der Waals surface area (Å²) in [6, 6.07) is 15.5. The van der Waals surface area contributed by atoms with E-state index in [1.54, 1.807) is 6.20 Å². The largest absolute Gasteiger partial charge is 0.397 e. The van der Waals surface area contributed by atoms with Gasteiger partial charge in [-0.25, -0.2) is 4.98 Å². The Bertz CT molecular complexity index is 801. The topological polar surface area (TPSA) is 116 Å². The summed E-state index contributed by atoms with van der Waals surface area (Å²) in [5.41, 5.74) is 21.4. The first-order chi connectivity index (χ1) is 10.6. The van der Waals surface area contributed by atoms with E-state index in [4.69, 9.17) is 17.2 Å². The fourth-order valence-corrected chi connectivity index (χ4v) is 2.15. The van der Waals surface area contributed by atoms with Crippen molar-refractivity contribution in [3.05, 3.63) is 54.7 Å². The van der Waals surface area contributed by atoms with Crippen molar-refractivity contribution < 1.29 is 0 Å². The highest BCUT2D eigenvalue weighted by Gasteiger charge is 2.08. The van der Waals surface area contributed by atoms with Gasteiger partial charge >= 0.3 is 0 Å². The number of anilines is 5. The summed E-state index contributed by atoms with van der Waals surface area (Å²) >= 11 is 0. The molecule has 2 aromatic carbocycles. The van der Waals surface area contributed by atoms with Crippen molar-refractivity contribution in [3.63, 3.8) is 0 Å². The number of rotatable bonds is 3. The zero-order chi connectivity index (χ0) is 15.5. The van der Waals surface area contributed by atoms with Gasteiger partial charge in [0.1, 0.15) is 5.82 Å². The van der Waals surface area contributed by atoms with E-state index in [1.807, 2.05) is 48.5 Å². The Morgan fingerprint density at radius 1 is 0.909 bits per heavy atom. The number of aromatic nitrogens is 2. The molecule has 0 radical (unpaired) electrons. The lowest BCUT2D eigenvalue weighted by atomic mass is 10.1. The summed E-state index contributed by atoms with van der Waals surface area (Å²) in [5.74, 6) is 0.479. The number of nitrogens with two attached hydrogens (primary N) is 3. The Hall–Kier alpha value is -3.28. The summed E-state index contributed by atoms with van der Waals surface area (Å²) in [4.78, 5) is 7.92. The molecule has 0 saturated heterocycles. The molecule has 0 aliphatic carbocycles. The number of hydrogen-bond acceptors (Lipinski definition) is 6. The summed E-state index contributed by atoms with van der Waals surface area (Å²) < 4.78 is 0. The molecule has 110 valence electrons. The molecule has 3 rings (SSSR count). The zero-order valence-electron chi connectivity index (χ0n) is 11.8. The van der Waals surface area contributed by atoms with Gasteiger partial charge in [-0.1, -0.05) is 24.3 Å². The van der Waals surface area contributed by atoms with E-state index < -0.39 is 0 Å². The van der Waals surface area contributed by atoms with Crippen LogP contribution in [-0.4, -0.2) is 9.97 Å². The van der Waals surface area contributed by atoms with Crippen LogP contribution < -0.4 is 22.5 Å². The monoisotopic (exact) mass is 292 g/mol. The number of benzene rings is 2. The standard InChI is InChI=1S/C16H16N6/c17-13-8-10(12-9-20-16(19)22-15(12)18)6-7-14(13)21-11-4-2-1-3-5-11/h1-9,21H,17H2,(H4,18,19,20,22). The fraction of sp³-hybridized carbons (Fsp3) is 0. The molecule has 0 atom stereocenters. The third kappa shape index (κ3) is 2.76. The Labute approximate surface area is 128 Å². The molecule has 6 heteroatoms. The highest BCUT2D eigenvalue weighted by atomic mass is 15.0. The summed E-state index contributed by atoms with van der Waals surface area (Å²) in [6.07, 6.45) is 1.59. The number of para-hydroxylation sites is 1. The molecule has 1 heterocycles. The molecule has 0 spiro atoms. The minimum absolute atomic E-state index is 0.150. The Balaban J connectivity index is 1.92. The van der Waals surface area contributed by atoms with Gasteiger partial charge in [-0.3, -0.25) is 0 Å². The van der Waals surface area contributed by atoms with Crippen molar-refractivity contribution >= 4 is 28.8 Å². The third-order valence-corrected chi connectivity index (χ3v) is 3.25. The van der Waals surface area contributed by atoms with Crippen LogP contribution >= 0.6 is 0 Å². The van der Waals surface area contributed by atoms with Gasteiger partial charge in [0.2, 0.25) is 5.95 Å². The lowest BCUT2D eigenvalue weighted by molar-refractivity contribution is 1.20. The number of nitrogens with one attached hydrogen (secondary N) is 1. The highest BCUT2D eigenvalue weighted by Crippen LogP contribution is 2.31. The fourth-order valence-electron chi connectivity index (χ4n) is 2.15. The summed E-state index contributed by atoms with van der Waals surface area (Å²) in [7, 11) is 0. The molecule has 6 nitrogen and oxygen atoms in total. The maximum absolute atomic E-state index is 6.12. The summed E-state index contributed by atoms with van der Waals surface area (Å²) in [5, 5.41) is 3.27. The SMILES string of the molecule is Nc1ncc(-c2ccc(Nc3ccccc3)c(N)c2)c(N)n1. The summed E-state index contributed by atoms with van der Waals surface area (Å²) in [6.45, 7) is 0. The average Bonchev–Trinajstić information content (AvgIpc) is 2.50. The van der Waals surface area contributed by atoms with Crippen molar-refractivity contribution in [2.45, 2.75) is 0 Å². The van der Waals surface area contributed by atoms with Crippen LogP contribution in [0.3, 0.4) is 0 Å². The van der Waals surface area contributed by atoms with Gasteiger partial charge in [-0.2, -0.15) is 4.98 Å². The van der Waals surface area contributed by atoms with E-state index in [2.05, 4.69) is 15.3 Å². The minimum atomic E-state index is 0.150. The minimum Gasteiger partial charge on any atom is -0.397 e. The number of hydrogen-bond donors (Lipinski definition) is 4. The lowest BCUT2D eigenvalue weighted by Gasteiger charge is -2.12. The number of nitrogen functional groups attached to an aromatic ring is 3. The van der Waals surface area contributed by atoms with E-state index in [0.717, 1.165) is 16.9 Å². The molecule has 0 saturated carbocycles. The second-order valence-corrected chi connectivity index (χ2v) is 4.82. The van der Waals surface area contributed by atoms with Crippen LogP contribution in [0.4, 0.5) is 28.8 Å². The van der Waals surface area contributed by atoms with Crippen molar-refractivity contribution in [2.75, 3.05) is 22.5 Å². The maximum atomic E-state index is 6.12. The second-order valence-electron chi connectivity index (χ2n) is 4.82. The normalized spacial score (nSPS) is 10.4. The van der Waals surface area contributed by atoms with Crippen molar-refractivity contribution in [3.8, 4) is 11.1 Å². The molecule has 22 heavy (non-hydrogen) atoms. The van der Waals surface area contributed by atoms with Gasteiger partial charge in [-0.05, 0) is 29.8 Å². The molecular formula is C16H16N6. The Kier molecular flexibility index (Phi) is 3.49. The molecule has 0 aliphatic rings. The molecule has 0 bridgehead atoms. The lowest BCUT2D eigenvalue weighted by Crippen LogP contribution is -2.02. The van der Waals surface area contributed by atoms with Gasteiger partial charge in [0.05, 0.1) is 11.4 Å². The molecule has 7 N–H and O–H groups in total. The van der Waals surface area contributed by atoms with E-state index in [9.17, 15) is 0 Å². The van der Waals surface area contributed by atoms with Gasteiger partial charge in [0.25, 0.3) is 0 Å². The van der Waals surface area contributed by atoms with Crippen LogP contribution in [0.5, 0.6) is 0 Å². The predicted octanol–water partition coefficient (Wildman–Crippen LogP) is 2.63. The predicted molar refractivity (Wildman–Crippen MR) is 90.4 cm³/mol. The zero-order valence-corrected chi connectivity index (χ0v) is 11.8. The first kappa shape index (κ1) is 13.7. The van der Waals surface area contributed by atoms with Gasteiger partial charge in [-0.15, -0.1) is 0 Å². The molecule has 3 aromatic rings. The molecule has 0 fully saturated rings. The molecular weight excluding hydrogens is 276 g/mol. The van der Waals surface area contributed by atoms with E-state index in [-0.39, 0.29) is 5.95 Å². The van der Waals surface area contributed by atoms with Crippen LogP contribution in [0.1, 0.15) is 0 Å². The first-order valence-corrected chi connectivity index (χ1v) is 6.73. The first-order valence-electron chi connectivity index (χ1n) is 6.73. The van der Waals surface area contributed by atoms with Crippen LogP contribution in [0.15, 0.2) is 54.7 Å². The van der Waals surface area contributed by atoms with Gasteiger partial charge in [0.15, 0.2) is 0 Å². The van der Waals surface area contributed by atoms with Crippen molar-refractivity contribution in [2.24, 2.45) is 0 Å². The van der Waals surface area contributed by atoms with Crippen molar-refractivity contribution in [1.82, 2.24) is 9.97 Å². The number of nitrogens with zero attached hydrogens (tertiary/aromatic N) is 2. The van der Waals surface area contributed by atoms with Crippen LogP contribution in [0.25, 0.3) is 11.1 Å². The van der Waals surface area contributed by atoms with E-state index >= 15 is 0 Å². The van der Waals surface area contributed by atoms with Gasteiger partial charge < -0.3 is 22.5 Å². The highest BCUT2D eigenvalue weighted by molar-refractivity contribution is 5.82. The quantitative estimate of drug-likeness (QED) is 0.551. The van der Waals surface area contributed by atoms with Crippen molar-refractivity contribution in [1.29, 1.82) is 0 Å². The Morgan fingerprint density at radius 3 is 2.36 bits per heavy atom. The maximum Gasteiger partial charge on any atom is 0.221 e. The van der Waals surface area contributed by atoms with Crippen LogP contribution in [0.2, 0.25) is 0 Å². The van der Waals surface area contributed by atoms with Crippen LogP contribution in [0, 0.1) is 0 Å². The second kappa shape index (κ2) is 5.61. The Morgan fingerprint density at radius 2 is 1.68 bits per heavy atom. The molecule has 1 aromatic heterocycles. The van der Waals surface area contributed by atoms with Crippen LogP contribution in [-0.2, 0) is 0 Å². The molecule has 0 aliphatic heterocycles. The average molecular weight is 292 g/mol. The smallest absolute Gasteiger partial charge is 0.221 e. The third-order valence-electron chi connectivity index (χ3n) is 3.25. The van der Waals surface area contributed by atoms with E-state index in [0.29, 0.717) is 17.1 Å². The molecule has 0 unspecified atom stereocenters. The van der Waals surface area contributed by atoms with E-state index in [1.165, 1.54) is 0 Å².